The lowest BCUT2D eigenvalue weighted by atomic mass is 10.2. The molecule has 1 aliphatic rings. The van der Waals surface area contributed by atoms with Gasteiger partial charge in [-0.05, 0) is 25.5 Å². The van der Waals surface area contributed by atoms with Crippen LogP contribution in [0.25, 0.3) is 0 Å². The van der Waals surface area contributed by atoms with E-state index in [4.69, 9.17) is 0 Å². The fourth-order valence-corrected chi connectivity index (χ4v) is 2.91. The first-order valence-electron chi connectivity index (χ1n) is 5.36. The molecule has 5 nitrogen and oxygen atoms in total. The molecule has 1 fully saturated rings. The van der Waals surface area contributed by atoms with Crippen molar-refractivity contribution in [2.75, 3.05) is 6.54 Å². The Kier molecular flexibility index (Phi) is 3.17. The van der Waals surface area contributed by atoms with Crippen molar-refractivity contribution in [3.05, 3.63) is 29.8 Å². The normalized spacial score (nSPS) is 20.3. The van der Waals surface area contributed by atoms with Crippen LogP contribution in [0.5, 0.6) is 0 Å². The van der Waals surface area contributed by atoms with E-state index in [2.05, 4.69) is 10.0 Å². The first-order chi connectivity index (χ1) is 7.99. The van der Waals surface area contributed by atoms with Crippen molar-refractivity contribution in [3.8, 4) is 0 Å². The van der Waals surface area contributed by atoms with Crippen LogP contribution >= 0.6 is 0 Å². The summed E-state index contributed by atoms with van der Waals surface area (Å²) in [7, 11) is -3.60. The molecule has 1 saturated heterocycles. The van der Waals surface area contributed by atoms with Gasteiger partial charge in [0.05, 0.1) is 4.90 Å². The summed E-state index contributed by atoms with van der Waals surface area (Å²) in [5.74, 6) is -0.263. The number of rotatable bonds is 3. The predicted molar refractivity (Wildman–Crippen MR) is 62.9 cm³/mol. The molecule has 1 amide bonds. The molecule has 2 rings (SSSR count). The quantitative estimate of drug-likeness (QED) is 0.807. The van der Waals surface area contributed by atoms with Crippen LogP contribution in [0, 0.1) is 6.92 Å². The molecule has 0 radical (unpaired) electrons. The lowest BCUT2D eigenvalue weighted by Crippen LogP contribution is -2.40. The maximum absolute atomic E-state index is 12.0. The highest BCUT2D eigenvalue weighted by molar-refractivity contribution is 7.89. The van der Waals surface area contributed by atoms with Crippen molar-refractivity contribution in [1.82, 2.24) is 10.0 Å². The van der Waals surface area contributed by atoms with Crippen molar-refractivity contribution < 1.29 is 13.2 Å². The second kappa shape index (κ2) is 4.46. The molecule has 6 heteroatoms. The summed E-state index contributed by atoms with van der Waals surface area (Å²) >= 11 is 0. The third-order valence-electron chi connectivity index (χ3n) is 2.68. The van der Waals surface area contributed by atoms with E-state index in [1.54, 1.807) is 12.1 Å². The largest absolute Gasteiger partial charge is 0.355 e. The molecule has 0 unspecified atom stereocenters. The Morgan fingerprint density at radius 2 is 1.94 bits per heavy atom. The number of carbonyl (C=O) groups is 1. The van der Waals surface area contributed by atoms with Gasteiger partial charge in [0, 0.05) is 6.54 Å². The second-order valence-electron chi connectivity index (χ2n) is 4.07. The van der Waals surface area contributed by atoms with E-state index in [1.165, 1.54) is 12.1 Å². The van der Waals surface area contributed by atoms with Gasteiger partial charge in [0.1, 0.15) is 6.04 Å². The van der Waals surface area contributed by atoms with Gasteiger partial charge < -0.3 is 5.32 Å². The summed E-state index contributed by atoms with van der Waals surface area (Å²) in [6, 6.07) is 5.86. The number of sulfonamides is 1. The van der Waals surface area contributed by atoms with Gasteiger partial charge in [-0.3, -0.25) is 4.79 Å². The minimum atomic E-state index is -3.60. The minimum Gasteiger partial charge on any atom is -0.355 e. The number of hydrogen-bond acceptors (Lipinski definition) is 3. The molecule has 1 aromatic rings. The van der Waals surface area contributed by atoms with E-state index in [0.717, 1.165) is 5.56 Å². The van der Waals surface area contributed by atoms with Crippen molar-refractivity contribution in [2.24, 2.45) is 0 Å². The van der Waals surface area contributed by atoms with Gasteiger partial charge in [-0.1, -0.05) is 17.7 Å². The van der Waals surface area contributed by atoms with E-state index in [9.17, 15) is 13.2 Å². The first kappa shape index (κ1) is 12.1. The van der Waals surface area contributed by atoms with Crippen LogP contribution in [-0.4, -0.2) is 26.9 Å². The minimum absolute atomic E-state index is 0.183. The molecule has 0 aliphatic carbocycles. The Morgan fingerprint density at radius 1 is 1.29 bits per heavy atom. The third kappa shape index (κ3) is 2.65. The molecule has 0 aromatic heterocycles. The Morgan fingerprint density at radius 3 is 2.47 bits per heavy atom. The Labute approximate surface area is 100 Å². The van der Waals surface area contributed by atoms with Crippen molar-refractivity contribution >= 4 is 15.9 Å². The highest BCUT2D eigenvalue weighted by Gasteiger charge is 2.29. The van der Waals surface area contributed by atoms with Crippen LogP contribution in [0.1, 0.15) is 12.0 Å². The van der Waals surface area contributed by atoms with E-state index < -0.39 is 16.1 Å². The van der Waals surface area contributed by atoms with E-state index in [1.807, 2.05) is 6.92 Å². The second-order valence-corrected chi connectivity index (χ2v) is 5.78. The highest BCUT2D eigenvalue weighted by atomic mass is 32.2. The SMILES string of the molecule is Cc1ccc(S(=O)(=O)N[C@H]2CCNC2=O)cc1. The molecule has 0 bridgehead atoms. The molecule has 0 saturated carbocycles. The molecule has 1 aromatic carbocycles. The number of amides is 1. The third-order valence-corrected chi connectivity index (χ3v) is 4.17. The molecule has 92 valence electrons. The monoisotopic (exact) mass is 254 g/mol. The fraction of sp³-hybridized carbons (Fsp3) is 0.364. The Hall–Kier alpha value is -1.40. The summed E-state index contributed by atoms with van der Waals surface area (Å²) in [4.78, 5) is 11.5. The summed E-state index contributed by atoms with van der Waals surface area (Å²) in [6.07, 6.45) is 0.490. The standard InChI is InChI=1S/C11H14N2O3S/c1-8-2-4-9(5-3-8)17(15,16)13-10-6-7-12-11(10)14/h2-5,10,13H,6-7H2,1H3,(H,12,14)/t10-/m0/s1. The molecule has 1 aliphatic heterocycles. The predicted octanol–water partition coefficient (Wildman–Crippen LogP) is 0.162. The number of carbonyl (C=O) groups excluding carboxylic acids is 1. The topological polar surface area (TPSA) is 75.3 Å². The number of aryl methyl sites for hydroxylation is 1. The van der Waals surface area contributed by atoms with Gasteiger partial charge in [0.25, 0.3) is 0 Å². The maximum atomic E-state index is 12.0. The summed E-state index contributed by atoms with van der Waals surface area (Å²) in [5, 5.41) is 2.59. The van der Waals surface area contributed by atoms with Crippen LogP contribution in [0.15, 0.2) is 29.2 Å². The van der Waals surface area contributed by atoms with Crippen LogP contribution in [-0.2, 0) is 14.8 Å². The zero-order valence-electron chi connectivity index (χ0n) is 9.43. The number of nitrogens with one attached hydrogen (secondary N) is 2. The lowest BCUT2D eigenvalue weighted by Gasteiger charge is -2.10. The first-order valence-corrected chi connectivity index (χ1v) is 6.84. The van der Waals surface area contributed by atoms with Crippen molar-refractivity contribution in [1.29, 1.82) is 0 Å². The zero-order valence-corrected chi connectivity index (χ0v) is 10.3. The maximum Gasteiger partial charge on any atom is 0.241 e. The van der Waals surface area contributed by atoms with Crippen LogP contribution in [0.4, 0.5) is 0 Å². The van der Waals surface area contributed by atoms with Crippen LogP contribution < -0.4 is 10.0 Å². The van der Waals surface area contributed by atoms with E-state index in [0.29, 0.717) is 13.0 Å². The van der Waals surface area contributed by atoms with Gasteiger partial charge in [0.15, 0.2) is 0 Å². The molecule has 0 spiro atoms. The van der Waals surface area contributed by atoms with E-state index >= 15 is 0 Å². The van der Waals surface area contributed by atoms with Gasteiger partial charge in [0.2, 0.25) is 15.9 Å². The highest BCUT2D eigenvalue weighted by Crippen LogP contribution is 2.12. The van der Waals surface area contributed by atoms with Crippen molar-refractivity contribution in [3.63, 3.8) is 0 Å². The molecule has 2 N–H and O–H groups in total. The van der Waals surface area contributed by atoms with Gasteiger partial charge in [-0.15, -0.1) is 0 Å². The fourth-order valence-electron chi connectivity index (χ4n) is 1.68. The molecule has 1 heterocycles. The van der Waals surface area contributed by atoms with Gasteiger partial charge in [-0.25, -0.2) is 8.42 Å². The van der Waals surface area contributed by atoms with Crippen LogP contribution in [0.2, 0.25) is 0 Å². The summed E-state index contributed by atoms with van der Waals surface area (Å²) < 4.78 is 26.3. The van der Waals surface area contributed by atoms with Gasteiger partial charge >= 0.3 is 0 Å². The summed E-state index contributed by atoms with van der Waals surface area (Å²) in [5.41, 5.74) is 0.988. The molecule has 1 atom stereocenters. The van der Waals surface area contributed by atoms with Gasteiger partial charge in [-0.2, -0.15) is 4.72 Å². The Bertz CT molecular complexity index is 522. The molecule has 17 heavy (non-hydrogen) atoms. The lowest BCUT2D eigenvalue weighted by molar-refractivity contribution is -0.120. The smallest absolute Gasteiger partial charge is 0.241 e. The molecular weight excluding hydrogens is 240 g/mol. The Balaban J connectivity index is 2.19. The average Bonchev–Trinajstić information content (AvgIpc) is 2.64. The average molecular weight is 254 g/mol. The number of hydrogen-bond donors (Lipinski definition) is 2. The molecular formula is C11H14N2O3S. The van der Waals surface area contributed by atoms with Crippen LogP contribution in [0.3, 0.4) is 0 Å². The number of benzene rings is 1. The van der Waals surface area contributed by atoms with Crippen molar-refractivity contribution in [2.45, 2.75) is 24.3 Å². The zero-order chi connectivity index (χ0) is 12.5. The van der Waals surface area contributed by atoms with E-state index in [-0.39, 0.29) is 10.8 Å². The summed E-state index contributed by atoms with van der Waals surface area (Å²) in [6.45, 7) is 2.40.